The summed E-state index contributed by atoms with van der Waals surface area (Å²) < 4.78 is 9.83. The van der Waals surface area contributed by atoms with E-state index in [1.165, 1.54) is 18.4 Å². The van der Waals surface area contributed by atoms with E-state index in [0.717, 1.165) is 10.1 Å². The van der Waals surface area contributed by atoms with Crippen molar-refractivity contribution < 1.29 is 13.9 Å². The number of nitrogens with zero attached hydrogens (tertiary/aromatic N) is 2. The van der Waals surface area contributed by atoms with Gasteiger partial charge in [-0.25, -0.2) is 4.79 Å². The van der Waals surface area contributed by atoms with Crippen LogP contribution in [0.15, 0.2) is 16.5 Å². The van der Waals surface area contributed by atoms with Crippen LogP contribution in [0.1, 0.15) is 21.3 Å². The first-order valence-electron chi connectivity index (χ1n) is 4.90. The molecule has 2 rings (SSSR count). The molecular formula is C10H11N3O3S. The molecule has 7 heteroatoms. The highest BCUT2D eigenvalue weighted by Crippen LogP contribution is 2.16. The third kappa shape index (κ3) is 2.82. The summed E-state index contributed by atoms with van der Waals surface area (Å²) in [6, 6.07) is 3.29. The Balaban J connectivity index is 1.95. The summed E-state index contributed by atoms with van der Waals surface area (Å²) >= 11 is 1.46. The molecule has 90 valence electrons. The van der Waals surface area contributed by atoms with Crippen LogP contribution in [-0.4, -0.2) is 23.3 Å². The van der Waals surface area contributed by atoms with Crippen LogP contribution in [0, 0.1) is 6.92 Å². The van der Waals surface area contributed by atoms with E-state index < -0.39 is 5.97 Å². The maximum absolute atomic E-state index is 11.1. The molecule has 0 saturated heterocycles. The quantitative estimate of drug-likeness (QED) is 0.838. The molecular weight excluding hydrogens is 242 g/mol. The van der Waals surface area contributed by atoms with Gasteiger partial charge in [0.2, 0.25) is 10.9 Å². The largest absolute Gasteiger partial charge is 0.463 e. The van der Waals surface area contributed by atoms with Crippen molar-refractivity contribution in [2.24, 2.45) is 0 Å². The Kier molecular flexibility index (Phi) is 3.38. The van der Waals surface area contributed by atoms with Gasteiger partial charge in [-0.2, -0.15) is 0 Å². The van der Waals surface area contributed by atoms with Gasteiger partial charge in [-0.3, -0.25) is 0 Å². The van der Waals surface area contributed by atoms with E-state index in [0.29, 0.717) is 12.3 Å². The van der Waals surface area contributed by atoms with E-state index in [-0.39, 0.29) is 5.76 Å². The lowest BCUT2D eigenvalue weighted by molar-refractivity contribution is 0.0563. The standard InChI is InChI=1S/C10H11N3O3S/c1-6-12-13-10(17-6)11-5-7-3-4-8(16-7)9(14)15-2/h3-4H,5H2,1-2H3,(H,11,13). The Morgan fingerprint density at radius 2 is 2.35 bits per heavy atom. The molecule has 2 heterocycles. The maximum Gasteiger partial charge on any atom is 0.373 e. The number of carbonyl (C=O) groups excluding carboxylic acids is 1. The normalized spacial score (nSPS) is 10.2. The Morgan fingerprint density at radius 3 is 3.00 bits per heavy atom. The van der Waals surface area contributed by atoms with Crippen molar-refractivity contribution in [2.75, 3.05) is 12.4 Å². The zero-order valence-corrected chi connectivity index (χ0v) is 10.2. The van der Waals surface area contributed by atoms with Gasteiger partial charge < -0.3 is 14.5 Å². The highest BCUT2D eigenvalue weighted by Gasteiger charge is 2.11. The average Bonchev–Trinajstić information content (AvgIpc) is 2.94. The number of ether oxygens (including phenoxy) is 1. The van der Waals surface area contributed by atoms with Crippen molar-refractivity contribution in [3.05, 3.63) is 28.7 Å². The fraction of sp³-hybridized carbons (Fsp3) is 0.300. The first kappa shape index (κ1) is 11.6. The second-order valence-corrected chi connectivity index (χ2v) is 4.42. The summed E-state index contributed by atoms with van der Waals surface area (Å²) in [4.78, 5) is 11.1. The molecule has 0 atom stereocenters. The Morgan fingerprint density at radius 1 is 1.53 bits per heavy atom. The third-order valence-corrected chi connectivity index (χ3v) is 2.78. The smallest absolute Gasteiger partial charge is 0.373 e. The number of aryl methyl sites for hydroxylation is 1. The van der Waals surface area contributed by atoms with Gasteiger partial charge in [0, 0.05) is 0 Å². The van der Waals surface area contributed by atoms with Gasteiger partial charge in [0.25, 0.3) is 0 Å². The van der Waals surface area contributed by atoms with Crippen molar-refractivity contribution in [1.29, 1.82) is 0 Å². The van der Waals surface area contributed by atoms with Gasteiger partial charge >= 0.3 is 5.97 Å². The fourth-order valence-electron chi connectivity index (χ4n) is 1.21. The minimum Gasteiger partial charge on any atom is -0.463 e. The lowest BCUT2D eigenvalue weighted by Gasteiger charge is -1.98. The van der Waals surface area contributed by atoms with E-state index >= 15 is 0 Å². The van der Waals surface area contributed by atoms with Crippen LogP contribution in [-0.2, 0) is 11.3 Å². The summed E-state index contributed by atoms with van der Waals surface area (Å²) in [5.74, 6) is 0.346. The summed E-state index contributed by atoms with van der Waals surface area (Å²) in [5.41, 5.74) is 0. The summed E-state index contributed by atoms with van der Waals surface area (Å²) in [7, 11) is 1.31. The number of nitrogens with one attached hydrogen (secondary N) is 1. The molecule has 0 aliphatic heterocycles. The Labute approximate surface area is 102 Å². The van der Waals surface area contributed by atoms with Crippen molar-refractivity contribution in [1.82, 2.24) is 10.2 Å². The molecule has 2 aromatic heterocycles. The Hall–Kier alpha value is -1.89. The topological polar surface area (TPSA) is 77.2 Å². The number of hydrogen-bond acceptors (Lipinski definition) is 7. The maximum atomic E-state index is 11.1. The predicted molar refractivity (Wildman–Crippen MR) is 62.0 cm³/mol. The van der Waals surface area contributed by atoms with Crippen LogP contribution < -0.4 is 5.32 Å². The first-order chi connectivity index (χ1) is 8.19. The van der Waals surface area contributed by atoms with Gasteiger partial charge in [-0.05, 0) is 19.1 Å². The summed E-state index contributed by atoms with van der Waals surface area (Å²) in [6.45, 7) is 2.33. The molecule has 0 aliphatic carbocycles. The van der Waals surface area contributed by atoms with E-state index in [9.17, 15) is 4.79 Å². The van der Waals surface area contributed by atoms with Crippen LogP contribution in [0.2, 0.25) is 0 Å². The van der Waals surface area contributed by atoms with Crippen molar-refractivity contribution in [3.8, 4) is 0 Å². The second kappa shape index (κ2) is 4.96. The molecule has 0 saturated carbocycles. The van der Waals surface area contributed by atoms with Crippen LogP contribution in [0.25, 0.3) is 0 Å². The van der Waals surface area contributed by atoms with E-state index in [1.54, 1.807) is 12.1 Å². The molecule has 0 bridgehead atoms. The number of carbonyl (C=O) groups is 1. The van der Waals surface area contributed by atoms with E-state index in [4.69, 9.17) is 4.42 Å². The minimum absolute atomic E-state index is 0.192. The van der Waals surface area contributed by atoms with Crippen LogP contribution >= 0.6 is 11.3 Å². The first-order valence-corrected chi connectivity index (χ1v) is 5.71. The number of furan rings is 1. The third-order valence-electron chi connectivity index (χ3n) is 1.99. The van der Waals surface area contributed by atoms with Gasteiger partial charge in [0.15, 0.2) is 0 Å². The molecule has 2 aromatic rings. The van der Waals surface area contributed by atoms with Crippen molar-refractivity contribution in [2.45, 2.75) is 13.5 Å². The van der Waals surface area contributed by atoms with E-state index in [1.807, 2.05) is 6.92 Å². The zero-order valence-electron chi connectivity index (χ0n) is 9.39. The number of methoxy groups -OCH3 is 1. The fourth-order valence-corrected chi connectivity index (χ4v) is 1.80. The molecule has 0 aliphatic rings. The van der Waals surface area contributed by atoms with Gasteiger partial charge in [-0.15, -0.1) is 10.2 Å². The SMILES string of the molecule is COC(=O)c1ccc(CNc2nnc(C)s2)o1. The Bertz CT molecular complexity index is 520. The number of rotatable bonds is 4. The number of anilines is 1. The van der Waals surface area contributed by atoms with Crippen LogP contribution in [0.4, 0.5) is 5.13 Å². The highest BCUT2D eigenvalue weighted by molar-refractivity contribution is 7.15. The van der Waals surface area contributed by atoms with Crippen molar-refractivity contribution in [3.63, 3.8) is 0 Å². The molecule has 0 radical (unpaired) electrons. The molecule has 17 heavy (non-hydrogen) atoms. The molecule has 0 unspecified atom stereocenters. The van der Waals surface area contributed by atoms with Gasteiger partial charge in [0.05, 0.1) is 13.7 Å². The zero-order chi connectivity index (χ0) is 12.3. The van der Waals surface area contributed by atoms with E-state index in [2.05, 4.69) is 20.3 Å². The van der Waals surface area contributed by atoms with Crippen LogP contribution in [0.3, 0.4) is 0 Å². The highest BCUT2D eigenvalue weighted by atomic mass is 32.1. The lowest BCUT2D eigenvalue weighted by Crippen LogP contribution is -2.00. The molecule has 0 amide bonds. The monoisotopic (exact) mass is 253 g/mol. The van der Waals surface area contributed by atoms with Gasteiger partial charge in [0.1, 0.15) is 10.8 Å². The molecule has 1 N–H and O–H groups in total. The minimum atomic E-state index is -0.483. The summed E-state index contributed by atoms with van der Waals surface area (Å²) in [5, 5.41) is 12.5. The molecule has 0 spiro atoms. The molecule has 0 fully saturated rings. The molecule has 0 aromatic carbocycles. The predicted octanol–water partition coefficient (Wildman–Crippen LogP) is 1.84. The number of hydrogen-bond donors (Lipinski definition) is 1. The van der Waals surface area contributed by atoms with Crippen molar-refractivity contribution >= 4 is 22.4 Å². The second-order valence-electron chi connectivity index (χ2n) is 3.24. The number of aromatic nitrogens is 2. The summed E-state index contributed by atoms with van der Waals surface area (Å²) in [6.07, 6.45) is 0. The lowest BCUT2D eigenvalue weighted by atomic mass is 10.4. The van der Waals surface area contributed by atoms with Crippen LogP contribution in [0.5, 0.6) is 0 Å². The van der Waals surface area contributed by atoms with Gasteiger partial charge in [-0.1, -0.05) is 11.3 Å². The average molecular weight is 253 g/mol. The number of esters is 1. The molecule has 6 nitrogen and oxygen atoms in total.